The van der Waals surface area contributed by atoms with E-state index >= 15 is 0 Å². The number of carbonyl (C=O) groups excluding carboxylic acids is 2. The topological polar surface area (TPSA) is 132 Å². The lowest BCUT2D eigenvalue weighted by Gasteiger charge is -2.39. The van der Waals surface area contributed by atoms with Gasteiger partial charge in [-0.2, -0.15) is 0 Å². The van der Waals surface area contributed by atoms with Crippen molar-refractivity contribution in [1.82, 2.24) is 14.5 Å². The highest BCUT2D eigenvalue weighted by atomic mass is 32.1. The van der Waals surface area contributed by atoms with Crippen molar-refractivity contribution in [3.8, 4) is 5.13 Å². The van der Waals surface area contributed by atoms with Crippen molar-refractivity contribution in [2.24, 2.45) is 5.92 Å². The molecular formula is C20H17FN4O6S. The first-order chi connectivity index (χ1) is 15.3. The van der Waals surface area contributed by atoms with E-state index in [1.807, 2.05) is 0 Å². The molecule has 0 aromatic carbocycles. The van der Waals surface area contributed by atoms with Crippen LogP contribution >= 0.6 is 11.3 Å². The van der Waals surface area contributed by atoms with Crippen molar-refractivity contribution < 1.29 is 28.6 Å². The molecule has 0 aliphatic carbocycles. The SMILES string of the molecule is CCOC(=O)CC(=O)C1CN(c2nc3c(cc2F)c(=O)c(C(=O)O)cn3-c2nccs2)C1. The third-order valence-electron chi connectivity index (χ3n) is 5.03. The quantitative estimate of drug-likeness (QED) is 0.413. The Morgan fingerprint density at radius 3 is 2.72 bits per heavy atom. The van der Waals surface area contributed by atoms with Gasteiger partial charge in [-0.15, -0.1) is 11.3 Å². The molecule has 0 amide bonds. The summed E-state index contributed by atoms with van der Waals surface area (Å²) in [5.41, 5.74) is -1.34. The Morgan fingerprint density at radius 1 is 1.34 bits per heavy atom. The molecule has 3 aromatic rings. The van der Waals surface area contributed by atoms with Gasteiger partial charge in [-0.1, -0.05) is 0 Å². The number of carbonyl (C=O) groups is 3. The second-order valence-corrected chi connectivity index (χ2v) is 7.95. The van der Waals surface area contributed by atoms with Gasteiger partial charge in [0.15, 0.2) is 28.2 Å². The number of carboxylic acids is 1. The number of hydrogen-bond acceptors (Lipinski definition) is 9. The summed E-state index contributed by atoms with van der Waals surface area (Å²) < 4.78 is 20.9. The molecule has 4 rings (SSSR count). The summed E-state index contributed by atoms with van der Waals surface area (Å²) >= 11 is 1.19. The number of ketones is 1. The number of fused-ring (bicyclic) bond motifs is 1. The van der Waals surface area contributed by atoms with E-state index in [1.54, 1.807) is 12.3 Å². The van der Waals surface area contributed by atoms with Crippen LogP contribution in [0.4, 0.5) is 10.2 Å². The molecule has 0 unspecified atom stereocenters. The molecule has 0 radical (unpaired) electrons. The van der Waals surface area contributed by atoms with Gasteiger partial charge in [0.05, 0.1) is 17.9 Å². The number of pyridine rings is 2. The number of carboxylic acid groups (broad SMARTS) is 1. The number of Topliss-reactive ketones (excluding diaryl/α,β-unsaturated/α-hetero) is 1. The maximum absolute atomic E-state index is 14.8. The first-order valence-electron chi connectivity index (χ1n) is 9.62. The van der Waals surface area contributed by atoms with Gasteiger partial charge < -0.3 is 14.7 Å². The maximum Gasteiger partial charge on any atom is 0.341 e. The summed E-state index contributed by atoms with van der Waals surface area (Å²) in [6.07, 6.45) is 2.27. The lowest BCUT2D eigenvalue weighted by molar-refractivity contribution is -0.146. The van der Waals surface area contributed by atoms with Gasteiger partial charge >= 0.3 is 11.9 Å². The van der Waals surface area contributed by atoms with Crippen LogP contribution in [0.15, 0.2) is 28.6 Å². The molecule has 166 valence electrons. The number of aromatic nitrogens is 3. The van der Waals surface area contributed by atoms with Crippen molar-refractivity contribution in [2.75, 3.05) is 24.6 Å². The lowest BCUT2D eigenvalue weighted by atomic mass is 9.93. The van der Waals surface area contributed by atoms with E-state index in [1.165, 1.54) is 27.0 Å². The number of ether oxygens (including phenoxy) is 1. The molecular weight excluding hydrogens is 443 g/mol. The average Bonchev–Trinajstić information content (AvgIpc) is 3.22. The molecule has 3 aromatic heterocycles. The van der Waals surface area contributed by atoms with Crippen LogP contribution in [0.2, 0.25) is 0 Å². The molecule has 0 spiro atoms. The highest BCUT2D eigenvalue weighted by Gasteiger charge is 2.36. The zero-order valence-electron chi connectivity index (χ0n) is 16.8. The highest BCUT2D eigenvalue weighted by Crippen LogP contribution is 2.29. The Balaban J connectivity index is 1.69. The summed E-state index contributed by atoms with van der Waals surface area (Å²) in [6, 6.07) is 0.949. The summed E-state index contributed by atoms with van der Waals surface area (Å²) in [7, 11) is 0. The molecule has 10 nitrogen and oxygen atoms in total. The molecule has 0 saturated carbocycles. The van der Waals surface area contributed by atoms with Crippen molar-refractivity contribution in [1.29, 1.82) is 0 Å². The Hall–Kier alpha value is -3.67. The van der Waals surface area contributed by atoms with Crippen LogP contribution in [0, 0.1) is 11.7 Å². The fourth-order valence-corrected chi connectivity index (χ4v) is 4.04. The summed E-state index contributed by atoms with van der Waals surface area (Å²) in [6.45, 7) is 2.14. The normalized spacial score (nSPS) is 13.8. The standard InChI is InChI=1S/C20H17FN4O6S/c1-2-31-15(27)6-14(26)10-7-24(8-10)18-13(21)5-11-16(28)12(19(29)30)9-25(17(11)23-18)20-22-3-4-32-20/h3-5,9-10H,2,6-8H2,1H3,(H,29,30). The predicted octanol–water partition coefficient (Wildman–Crippen LogP) is 1.64. The van der Waals surface area contributed by atoms with E-state index in [-0.39, 0.29) is 48.8 Å². The van der Waals surface area contributed by atoms with Crippen molar-refractivity contribution in [3.63, 3.8) is 0 Å². The van der Waals surface area contributed by atoms with E-state index in [0.717, 1.165) is 12.3 Å². The first-order valence-corrected chi connectivity index (χ1v) is 10.5. The highest BCUT2D eigenvalue weighted by molar-refractivity contribution is 7.12. The lowest BCUT2D eigenvalue weighted by Crippen LogP contribution is -2.51. The molecule has 1 saturated heterocycles. The van der Waals surface area contributed by atoms with E-state index in [9.17, 15) is 28.7 Å². The fraction of sp³-hybridized carbons (Fsp3) is 0.300. The molecule has 12 heteroatoms. The van der Waals surface area contributed by atoms with Crippen molar-refractivity contribution in [2.45, 2.75) is 13.3 Å². The van der Waals surface area contributed by atoms with E-state index in [0.29, 0.717) is 5.13 Å². The number of aromatic carboxylic acids is 1. The number of halogens is 1. The van der Waals surface area contributed by atoms with Crippen molar-refractivity contribution in [3.05, 3.63) is 45.4 Å². The third kappa shape index (κ3) is 3.84. The summed E-state index contributed by atoms with van der Waals surface area (Å²) in [4.78, 5) is 57.7. The Morgan fingerprint density at radius 2 is 2.09 bits per heavy atom. The predicted molar refractivity (Wildman–Crippen MR) is 112 cm³/mol. The molecule has 1 aliphatic heterocycles. The van der Waals surface area contributed by atoms with Crippen LogP contribution in [-0.2, 0) is 14.3 Å². The second kappa shape index (κ2) is 8.46. The molecule has 0 bridgehead atoms. The van der Waals surface area contributed by atoms with Crippen LogP contribution < -0.4 is 10.3 Å². The van der Waals surface area contributed by atoms with Crippen LogP contribution in [0.3, 0.4) is 0 Å². The van der Waals surface area contributed by atoms with E-state index in [2.05, 4.69) is 9.97 Å². The minimum Gasteiger partial charge on any atom is -0.477 e. The number of anilines is 1. The monoisotopic (exact) mass is 460 g/mol. The molecule has 0 atom stereocenters. The number of esters is 1. The number of thiazole rings is 1. The van der Waals surface area contributed by atoms with E-state index < -0.39 is 34.7 Å². The molecule has 1 N–H and O–H groups in total. The largest absolute Gasteiger partial charge is 0.477 e. The Kier molecular flexibility index (Phi) is 5.70. The molecule has 1 fully saturated rings. The van der Waals surface area contributed by atoms with Gasteiger partial charge in [-0.3, -0.25) is 19.0 Å². The van der Waals surface area contributed by atoms with Gasteiger partial charge in [0.1, 0.15) is 12.0 Å². The Bertz CT molecular complexity index is 1280. The zero-order chi connectivity index (χ0) is 23.0. The number of nitrogens with zero attached hydrogens (tertiary/aromatic N) is 4. The Labute approximate surface area is 183 Å². The second-order valence-electron chi connectivity index (χ2n) is 7.08. The van der Waals surface area contributed by atoms with Gasteiger partial charge in [-0.05, 0) is 13.0 Å². The fourth-order valence-electron chi connectivity index (χ4n) is 3.42. The smallest absolute Gasteiger partial charge is 0.341 e. The zero-order valence-corrected chi connectivity index (χ0v) is 17.6. The van der Waals surface area contributed by atoms with Crippen molar-refractivity contribution >= 4 is 45.9 Å². The third-order valence-corrected chi connectivity index (χ3v) is 5.80. The summed E-state index contributed by atoms with van der Waals surface area (Å²) in [5, 5.41) is 11.2. The minimum atomic E-state index is -1.45. The van der Waals surface area contributed by atoms with Gasteiger partial charge in [0, 0.05) is 30.9 Å². The van der Waals surface area contributed by atoms with Crippen LogP contribution in [-0.4, -0.2) is 57.1 Å². The van der Waals surface area contributed by atoms with Crippen LogP contribution in [0.1, 0.15) is 23.7 Å². The van der Waals surface area contributed by atoms with Crippen LogP contribution in [0.25, 0.3) is 16.2 Å². The minimum absolute atomic E-state index is 0.0488. The first kappa shape index (κ1) is 21.6. The maximum atomic E-state index is 14.8. The van der Waals surface area contributed by atoms with Crippen LogP contribution in [0.5, 0.6) is 0 Å². The average molecular weight is 460 g/mol. The summed E-state index contributed by atoms with van der Waals surface area (Å²) in [5.74, 6) is -3.71. The van der Waals surface area contributed by atoms with Gasteiger partial charge in [0.2, 0.25) is 5.43 Å². The number of rotatable bonds is 7. The van der Waals surface area contributed by atoms with Gasteiger partial charge in [-0.25, -0.2) is 19.2 Å². The van der Waals surface area contributed by atoms with Gasteiger partial charge in [0.25, 0.3) is 0 Å². The molecule has 4 heterocycles. The number of hydrogen-bond donors (Lipinski definition) is 1. The molecule has 32 heavy (non-hydrogen) atoms. The molecule has 1 aliphatic rings. The van der Waals surface area contributed by atoms with E-state index in [4.69, 9.17) is 4.74 Å².